The summed E-state index contributed by atoms with van der Waals surface area (Å²) in [5, 5.41) is 6.12. The number of benzene rings is 1. The topological polar surface area (TPSA) is 107 Å². The summed E-state index contributed by atoms with van der Waals surface area (Å²) < 4.78 is 0. The van der Waals surface area contributed by atoms with Crippen LogP contribution in [0.3, 0.4) is 0 Å². The Balaban J connectivity index is 1.38. The second kappa shape index (κ2) is 9.30. The Labute approximate surface area is 202 Å². The van der Waals surface area contributed by atoms with Crippen LogP contribution in [0, 0.1) is 6.92 Å². The highest BCUT2D eigenvalue weighted by Crippen LogP contribution is 2.41. The van der Waals surface area contributed by atoms with E-state index in [1.54, 1.807) is 29.9 Å². The van der Waals surface area contributed by atoms with Crippen molar-refractivity contribution in [2.75, 3.05) is 11.1 Å². The number of nitrogen functional groups attached to an aromatic ring is 1. The Morgan fingerprint density at radius 3 is 2.21 bits per heavy atom. The van der Waals surface area contributed by atoms with Crippen molar-refractivity contribution in [3.63, 3.8) is 0 Å². The van der Waals surface area contributed by atoms with Crippen molar-refractivity contribution in [3.05, 3.63) is 70.9 Å². The first-order chi connectivity index (χ1) is 16.5. The number of anilines is 2. The molecule has 1 aliphatic carbocycles. The van der Waals surface area contributed by atoms with E-state index in [1.807, 2.05) is 36.6 Å². The SMILES string of the molecule is Cc1nc(-c2ccc(NC(=O)C3(c4ccc(-c5cnc(N)nc5)cc4)CCCCC3)nc2)cs1. The maximum absolute atomic E-state index is 13.6. The quantitative estimate of drug-likeness (QED) is 0.405. The van der Waals surface area contributed by atoms with Crippen molar-refractivity contribution in [2.45, 2.75) is 44.4 Å². The molecule has 1 saturated carbocycles. The molecule has 1 fully saturated rings. The van der Waals surface area contributed by atoms with Crippen molar-refractivity contribution >= 4 is 29.0 Å². The fourth-order valence-electron chi connectivity index (χ4n) is 4.62. The van der Waals surface area contributed by atoms with Crippen molar-refractivity contribution in [1.82, 2.24) is 19.9 Å². The number of hydrogen-bond acceptors (Lipinski definition) is 7. The van der Waals surface area contributed by atoms with Crippen LogP contribution in [0.5, 0.6) is 0 Å². The molecule has 0 atom stereocenters. The Morgan fingerprint density at radius 2 is 1.59 bits per heavy atom. The zero-order chi connectivity index (χ0) is 23.5. The van der Waals surface area contributed by atoms with E-state index < -0.39 is 5.41 Å². The number of aryl methyl sites for hydroxylation is 1. The molecule has 4 aromatic rings. The van der Waals surface area contributed by atoms with E-state index in [9.17, 15) is 4.79 Å². The largest absolute Gasteiger partial charge is 0.368 e. The van der Waals surface area contributed by atoms with Crippen LogP contribution in [0.2, 0.25) is 0 Å². The average Bonchev–Trinajstić information content (AvgIpc) is 3.32. The van der Waals surface area contributed by atoms with Gasteiger partial charge in [-0.1, -0.05) is 43.5 Å². The summed E-state index contributed by atoms with van der Waals surface area (Å²) in [6.07, 6.45) is 10.0. The Bertz CT molecular complexity index is 1280. The van der Waals surface area contributed by atoms with Gasteiger partial charge in [0.15, 0.2) is 0 Å². The van der Waals surface area contributed by atoms with Gasteiger partial charge in [-0.2, -0.15) is 0 Å². The van der Waals surface area contributed by atoms with Crippen LogP contribution in [-0.4, -0.2) is 25.8 Å². The molecule has 0 aliphatic heterocycles. The van der Waals surface area contributed by atoms with Crippen LogP contribution < -0.4 is 11.1 Å². The molecular weight excluding hydrogens is 444 g/mol. The van der Waals surface area contributed by atoms with Gasteiger partial charge in [-0.3, -0.25) is 4.79 Å². The number of pyridine rings is 1. The lowest BCUT2D eigenvalue weighted by molar-refractivity contribution is -0.122. The number of hydrogen-bond donors (Lipinski definition) is 2. The van der Waals surface area contributed by atoms with Gasteiger partial charge < -0.3 is 11.1 Å². The summed E-state index contributed by atoms with van der Waals surface area (Å²) in [6, 6.07) is 12.0. The van der Waals surface area contributed by atoms with Crippen LogP contribution in [-0.2, 0) is 10.2 Å². The molecule has 3 aromatic heterocycles. The molecule has 7 nitrogen and oxygen atoms in total. The lowest BCUT2D eigenvalue weighted by atomic mass is 9.68. The zero-order valence-corrected chi connectivity index (χ0v) is 19.8. The van der Waals surface area contributed by atoms with Crippen LogP contribution in [0.25, 0.3) is 22.4 Å². The molecule has 34 heavy (non-hydrogen) atoms. The second-order valence-electron chi connectivity index (χ2n) is 8.69. The molecule has 3 heterocycles. The molecule has 0 spiro atoms. The van der Waals surface area contributed by atoms with Gasteiger partial charge in [-0.25, -0.2) is 19.9 Å². The summed E-state index contributed by atoms with van der Waals surface area (Å²) in [4.78, 5) is 30.8. The Hall–Kier alpha value is -3.65. The molecule has 1 aliphatic rings. The third kappa shape index (κ3) is 4.41. The summed E-state index contributed by atoms with van der Waals surface area (Å²) in [7, 11) is 0. The van der Waals surface area contributed by atoms with Gasteiger partial charge in [0.25, 0.3) is 0 Å². The van der Waals surface area contributed by atoms with E-state index in [0.717, 1.165) is 65.1 Å². The first-order valence-corrected chi connectivity index (χ1v) is 12.3. The first-order valence-electron chi connectivity index (χ1n) is 11.4. The van der Waals surface area contributed by atoms with Gasteiger partial charge in [-0.15, -0.1) is 11.3 Å². The van der Waals surface area contributed by atoms with Crippen molar-refractivity contribution < 1.29 is 4.79 Å². The summed E-state index contributed by atoms with van der Waals surface area (Å²) >= 11 is 1.61. The smallest absolute Gasteiger partial charge is 0.236 e. The van der Waals surface area contributed by atoms with E-state index in [-0.39, 0.29) is 11.9 Å². The highest BCUT2D eigenvalue weighted by Gasteiger charge is 2.41. The molecule has 5 rings (SSSR count). The molecule has 0 bridgehead atoms. The fourth-order valence-corrected chi connectivity index (χ4v) is 5.24. The number of nitrogens with two attached hydrogens (primary N) is 1. The second-order valence-corrected chi connectivity index (χ2v) is 9.75. The minimum absolute atomic E-state index is 0.000482. The number of carbonyl (C=O) groups is 1. The molecule has 3 N–H and O–H groups in total. The maximum Gasteiger partial charge on any atom is 0.236 e. The monoisotopic (exact) mass is 470 g/mol. The predicted octanol–water partition coefficient (Wildman–Crippen LogP) is 5.39. The third-order valence-electron chi connectivity index (χ3n) is 6.50. The van der Waals surface area contributed by atoms with Crippen molar-refractivity contribution in [2.24, 2.45) is 0 Å². The first kappa shape index (κ1) is 22.2. The number of amides is 1. The zero-order valence-electron chi connectivity index (χ0n) is 19.0. The molecule has 8 heteroatoms. The van der Waals surface area contributed by atoms with E-state index in [1.165, 1.54) is 0 Å². The standard InChI is InChI=1S/C26H26N6OS/c1-17-31-22(16-34-17)19-7-10-23(28-13-19)32-24(33)26(11-3-2-4-12-26)21-8-5-18(6-9-21)20-14-29-25(27)30-15-20/h5-10,13-16H,2-4,11-12H2,1H3,(H2,27,29,30)(H,28,32,33). The number of rotatable bonds is 5. The highest BCUT2D eigenvalue weighted by molar-refractivity contribution is 7.09. The lowest BCUT2D eigenvalue weighted by Gasteiger charge is -2.36. The predicted molar refractivity (Wildman–Crippen MR) is 135 cm³/mol. The summed E-state index contributed by atoms with van der Waals surface area (Å²) in [5.74, 6) is 0.809. The Kier molecular flexibility index (Phi) is 6.06. The van der Waals surface area contributed by atoms with Crippen molar-refractivity contribution in [1.29, 1.82) is 0 Å². The van der Waals surface area contributed by atoms with Gasteiger partial charge in [-0.05, 0) is 43.0 Å². The summed E-state index contributed by atoms with van der Waals surface area (Å²) in [5.41, 5.74) is 9.79. The van der Waals surface area contributed by atoms with Gasteiger partial charge in [0.1, 0.15) is 5.82 Å². The van der Waals surface area contributed by atoms with Crippen LogP contribution >= 0.6 is 11.3 Å². The third-order valence-corrected chi connectivity index (χ3v) is 7.28. The van der Waals surface area contributed by atoms with Crippen LogP contribution in [0.1, 0.15) is 42.7 Å². The number of nitrogens with zero attached hydrogens (tertiary/aromatic N) is 4. The van der Waals surface area contributed by atoms with Gasteiger partial charge >= 0.3 is 0 Å². The van der Waals surface area contributed by atoms with E-state index >= 15 is 0 Å². The number of carbonyl (C=O) groups excluding carboxylic acids is 1. The van der Waals surface area contributed by atoms with E-state index in [2.05, 4.69) is 37.4 Å². The maximum atomic E-state index is 13.6. The molecule has 1 aromatic carbocycles. The van der Waals surface area contributed by atoms with Gasteiger partial charge in [0.05, 0.1) is 16.1 Å². The molecule has 1 amide bonds. The molecular formula is C26H26N6OS. The number of thiazole rings is 1. The lowest BCUT2D eigenvalue weighted by Crippen LogP contribution is -2.42. The number of nitrogens with one attached hydrogen (secondary N) is 1. The fraction of sp³-hybridized carbons (Fsp3) is 0.269. The van der Waals surface area contributed by atoms with Crippen LogP contribution in [0.4, 0.5) is 11.8 Å². The van der Waals surface area contributed by atoms with Crippen molar-refractivity contribution in [3.8, 4) is 22.4 Å². The summed E-state index contributed by atoms with van der Waals surface area (Å²) in [6.45, 7) is 1.98. The minimum atomic E-state index is -0.569. The van der Waals surface area contributed by atoms with Crippen LogP contribution in [0.15, 0.2) is 60.4 Å². The van der Waals surface area contributed by atoms with E-state index in [4.69, 9.17) is 5.73 Å². The molecule has 172 valence electrons. The van der Waals surface area contributed by atoms with Gasteiger partial charge in [0, 0.05) is 35.1 Å². The van der Waals surface area contributed by atoms with E-state index in [0.29, 0.717) is 5.82 Å². The number of aromatic nitrogens is 4. The molecule has 0 unspecified atom stereocenters. The molecule has 0 radical (unpaired) electrons. The molecule has 0 saturated heterocycles. The minimum Gasteiger partial charge on any atom is -0.368 e. The normalized spacial score (nSPS) is 15.1. The average molecular weight is 471 g/mol. The highest BCUT2D eigenvalue weighted by atomic mass is 32.1. The van der Waals surface area contributed by atoms with Gasteiger partial charge in [0.2, 0.25) is 11.9 Å². The Morgan fingerprint density at radius 1 is 0.912 bits per heavy atom.